The molecule has 59 heavy (non-hydrogen) atoms. The fourth-order valence-corrected chi connectivity index (χ4v) is 7.56. The van der Waals surface area contributed by atoms with Gasteiger partial charge in [0, 0.05) is 74.4 Å². The number of nitrogens with zero attached hydrogens (tertiary/aromatic N) is 3. The minimum atomic E-state index is -1.58. The number of nitrogens with one attached hydrogen (secondary N) is 1. The summed E-state index contributed by atoms with van der Waals surface area (Å²) in [4.78, 5) is 70.6. The summed E-state index contributed by atoms with van der Waals surface area (Å²) in [7, 11) is 3.92. The van der Waals surface area contributed by atoms with E-state index in [4.69, 9.17) is 44.8 Å². The van der Waals surface area contributed by atoms with Gasteiger partial charge < -0.3 is 47.9 Å². The Morgan fingerprint density at radius 2 is 1.61 bits per heavy atom. The number of halogens is 1. The number of aromatic amines is 1. The van der Waals surface area contributed by atoms with Crippen LogP contribution < -0.4 is 14.4 Å². The second-order valence-corrected chi connectivity index (χ2v) is 15.3. The summed E-state index contributed by atoms with van der Waals surface area (Å²) in [6.45, 7) is 7.32. The van der Waals surface area contributed by atoms with Gasteiger partial charge in [-0.15, -0.1) is 11.6 Å². The standard InChI is InChI=1S/C42H45ClN4O12/c1-21(43)31-19-47(41(52)33-16-27-15-28(9-11-32(27)45-33)53-13-12-46(6)7)34-17-35(30-14-26(18-44)8-10-29(30)37(31)34)58-42-40(57-25(5)51)39(56-24(4)50)38(55-23(3)49)36(59-42)20-54-22(2)48/h8-11,14-17,21,31,36,38-40,42,45H,12-13,19-20H2,1-7H3/t21-,31+,36-,38+,39+,40-,42-/m1/s1. The summed E-state index contributed by atoms with van der Waals surface area (Å²) in [5, 5.41) is 11.3. The van der Waals surface area contributed by atoms with Crippen molar-refractivity contribution in [2.75, 3.05) is 45.3 Å². The molecule has 0 spiro atoms. The van der Waals surface area contributed by atoms with Crippen LogP contribution >= 0.6 is 11.6 Å². The predicted octanol–water partition coefficient (Wildman–Crippen LogP) is 4.97. The van der Waals surface area contributed by atoms with Gasteiger partial charge in [0.25, 0.3) is 5.91 Å². The molecule has 3 heterocycles. The maximum absolute atomic E-state index is 14.5. The lowest BCUT2D eigenvalue weighted by Gasteiger charge is -2.44. The number of likely N-dealkylation sites (N-methyl/N-ethyl adjacent to an activating group) is 1. The largest absolute Gasteiger partial charge is 0.492 e. The molecule has 0 radical (unpaired) electrons. The summed E-state index contributed by atoms with van der Waals surface area (Å²) in [5.74, 6) is -3.04. The van der Waals surface area contributed by atoms with E-state index in [1.807, 2.05) is 44.1 Å². The number of ether oxygens (including phenoxy) is 7. The smallest absolute Gasteiger partial charge is 0.303 e. The van der Waals surface area contributed by atoms with Gasteiger partial charge in [-0.05, 0) is 68.4 Å². The number of hydrogen-bond donors (Lipinski definition) is 1. The van der Waals surface area contributed by atoms with Gasteiger partial charge >= 0.3 is 23.9 Å². The fraction of sp³-hybridized carbons (Fsp3) is 0.429. The van der Waals surface area contributed by atoms with Crippen molar-refractivity contribution in [1.29, 1.82) is 5.26 Å². The van der Waals surface area contributed by atoms with Crippen molar-refractivity contribution >= 4 is 68.7 Å². The quantitative estimate of drug-likeness (QED) is 0.108. The Balaban J connectivity index is 1.45. The van der Waals surface area contributed by atoms with Gasteiger partial charge in [-0.2, -0.15) is 5.26 Å². The fourth-order valence-electron chi connectivity index (χ4n) is 7.35. The third-order valence-corrected chi connectivity index (χ3v) is 10.2. The predicted molar refractivity (Wildman–Crippen MR) is 213 cm³/mol. The second kappa shape index (κ2) is 17.9. The van der Waals surface area contributed by atoms with E-state index in [0.29, 0.717) is 34.5 Å². The number of anilines is 1. The number of H-pyrrole nitrogens is 1. The van der Waals surface area contributed by atoms with E-state index in [0.717, 1.165) is 43.8 Å². The molecule has 6 rings (SSSR count). The van der Waals surface area contributed by atoms with Crippen LogP contribution in [-0.4, -0.2) is 116 Å². The Morgan fingerprint density at radius 1 is 0.915 bits per heavy atom. The van der Waals surface area contributed by atoms with Crippen molar-refractivity contribution in [3.05, 3.63) is 65.4 Å². The van der Waals surface area contributed by atoms with Crippen LogP contribution in [0.5, 0.6) is 11.5 Å². The van der Waals surface area contributed by atoms with Crippen molar-refractivity contribution in [3.63, 3.8) is 0 Å². The number of nitriles is 1. The maximum atomic E-state index is 14.5. The number of esters is 4. The second-order valence-electron chi connectivity index (χ2n) is 14.6. The molecule has 0 bridgehead atoms. The van der Waals surface area contributed by atoms with Gasteiger partial charge in [-0.3, -0.25) is 24.0 Å². The Hall–Kier alpha value is -5.89. The topological polar surface area (TPSA) is 196 Å². The Labute approximate surface area is 345 Å². The minimum Gasteiger partial charge on any atom is -0.492 e. The highest BCUT2D eigenvalue weighted by Gasteiger charge is 2.53. The number of aromatic nitrogens is 1. The molecule has 1 aromatic heterocycles. The lowest BCUT2D eigenvalue weighted by atomic mass is 9.91. The molecule has 1 fully saturated rings. The number of carbonyl (C=O) groups is 5. The van der Waals surface area contributed by atoms with Crippen LogP contribution in [0.3, 0.4) is 0 Å². The Morgan fingerprint density at radius 3 is 2.25 bits per heavy atom. The number of benzene rings is 3. The van der Waals surface area contributed by atoms with Crippen LogP contribution in [0.4, 0.5) is 5.69 Å². The first kappa shape index (κ1) is 42.7. The molecule has 2 aliphatic rings. The van der Waals surface area contributed by atoms with E-state index in [-0.39, 0.29) is 29.7 Å². The van der Waals surface area contributed by atoms with Gasteiger partial charge in [-0.1, -0.05) is 6.07 Å². The summed E-state index contributed by atoms with van der Waals surface area (Å²) in [5.41, 5.74) is 2.51. The molecule has 0 aliphatic carbocycles. The number of fused-ring (bicyclic) bond motifs is 4. The lowest BCUT2D eigenvalue weighted by Crippen LogP contribution is -2.63. The van der Waals surface area contributed by atoms with E-state index in [1.165, 1.54) is 6.92 Å². The van der Waals surface area contributed by atoms with Gasteiger partial charge in [0.2, 0.25) is 12.4 Å². The van der Waals surface area contributed by atoms with Crippen LogP contribution in [0.1, 0.15) is 62.2 Å². The number of hydrogen-bond acceptors (Lipinski definition) is 14. The zero-order valence-electron chi connectivity index (χ0n) is 33.6. The third-order valence-electron chi connectivity index (χ3n) is 9.91. The summed E-state index contributed by atoms with van der Waals surface area (Å²) in [6, 6.07) is 16.0. The molecule has 4 aromatic rings. The highest BCUT2D eigenvalue weighted by Crippen LogP contribution is 2.48. The average Bonchev–Trinajstić information content (AvgIpc) is 3.77. The van der Waals surface area contributed by atoms with E-state index < -0.39 is 66.6 Å². The van der Waals surface area contributed by atoms with Crippen molar-refractivity contribution in [2.45, 2.75) is 76.6 Å². The van der Waals surface area contributed by atoms with Gasteiger partial charge in [0.1, 0.15) is 36.5 Å². The van der Waals surface area contributed by atoms with Crippen LogP contribution in [0, 0.1) is 11.3 Å². The normalized spacial score (nSPS) is 21.7. The highest BCUT2D eigenvalue weighted by molar-refractivity contribution is 6.22. The van der Waals surface area contributed by atoms with Crippen molar-refractivity contribution in [1.82, 2.24) is 9.88 Å². The first-order chi connectivity index (χ1) is 28.0. The molecule has 7 atom stereocenters. The Bertz CT molecular complexity index is 2320. The first-order valence-electron chi connectivity index (χ1n) is 18.9. The van der Waals surface area contributed by atoms with Crippen LogP contribution in [0.2, 0.25) is 0 Å². The Kier molecular flexibility index (Phi) is 13.0. The summed E-state index contributed by atoms with van der Waals surface area (Å²) >= 11 is 6.84. The molecular formula is C42H45ClN4O12. The first-order valence-corrected chi connectivity index (χ1v) is 19.3. The monoisotopic (exact) mass is 832 g/mol. The lowest BCUT2D eigenvalue weighted by molar-refractivity contribution is -0.288. The zero-order chi connectivity index (χ0) is 42.7. The van der Waals surface area contributed by atoms with E-state index in [2.05, 4.69) is 11.1 Å². The van der Waals surface area contributed by atoms with E-state index >= 15 is 0 Å². The van der Waals surface area contributed by atoms with Gasteiger partial charge in [0.05, 0.1) is 17.3 Å². The van der Waals surface area contributed by atoms with E-state index in [9.17, 15) is 29.2 Å². The van der Waals surface area contributed by atoms with Gasteiger partial charge in [-0.25, -0.2) is 0 Å². The summed E-state index contributed by atoms with van der Waals surface area (Å²) in [6.07, 6.45) is -7.29. The van der Waals surface area contributed by atoms with Crippen LogP contribution in [0.15, 0.2) is 48.5 Å². The molecule has 2 aliphatic heterocycles. The molecular weight excluding hydrogens is 788 g/mol. The molecule has 0 unspecified atom stereocenters. The third kappa shape index (κ3) is 9.54. The molecule has 1 saturated heterocycles. The molecule has 312 valence electrons. The zero-order valence-corrected chi connectivity index (χ0v) is 34.4. The van der Waals surface area contributed by atoms with Crippen molar-refractivity contribution in [2.24, 2.45) is 0 Å². The molecule has 16 nitrogen and oxygen atoms in total. The molecule has 1 N–H and O–H groups in total. The molecule has 1 amide bonds. The molecule has 17 heteroatoms. The molecule has 0 saturated carbocycles. The molecule has 3 aromatic carbocycles. The number of carbonyl (C=O) groups excluding carboxylic acids is 5. The van der Waals surface area contributed by atoms with Crippen molar-refractivity contribution in [3.8, 4) is 17.6 Å². The number of alkyl halides is 1. The number of rotatable bonds is 13. The van der Waals surface area contributed by atoms with Crippen molar-refractivity contribution < 1.29 is 57.1 Å². The summed E-state index contributed by atoms with van der Waals surface area (Å²) < 4.78 is 40.7. The average molecular weight is 833 g/mol. The SMILES string of the molecule is CC(=O)OC[C@H]1O[C@@H](Oc2cc3c(c4ccc(C#N)cc24)[C@H]([C@@H](C)Cl)CN3C(=O)c2cc3cc(OCCN(C)C)ccc3[nH]2)[C@H](OC(C)=O)[C@@H](OC(C)=O)[C@H]1OC(C)=O. The minimum absolute atomic E-state index is 0.0913. The van der Waals surface area contributed by atoms with Crippen LogP contribution in [0.25, 0.3) is 21.7 Å². The highest BCUT2D eigenvalue weighted by atomic mass is 35.5. The maximum Gasteiger partial charge on any atom is 0.303 e. The number of amides is 1. The van der Waals surface area contributed by atoms with Gasteiger partial charge in [0.15, 0.2) is 12.2 Å². The van der Waals surface area contributed by atoms with E-state index in [1.54, 1.807) is 35.2 Å². The van der Waals surface area contributed by atoms with Crippen LogP contribution in [-0.2, 0) is 42.9 Å².